The molecule has 176 valence electrons. The molecule has 0 aliphatic carbocycles. The van der Waals surface area contributed by atoms with Crippen LogP contribution in [-0.4, -0.2) is 76.5 Å². The lowest BCUT2D eigenvalue weighted by molar-refractivity contribution is -0.263. The van der Waals surface area contributed by atoms with Gasteiger partial charge in [-0.3, -0.25) is 14.5 Å². The molecule has 0 aromatic rings. The highest BCUT2D eigenvalue weighted by Gasteiger charge is 2.50. The number of amides is 2. The standard InChI is InChI=1S/C22H36N2O7/c1-4-5-13-29-21-15-18(25)22(28,17(3)31-21)16(2)23-30-14-9-7-6-8-12-24-19(26)10-11-20(24)27/h10-11,17-18,21,25,28H,4-9,12-15H2,1-3H3/b23-16+/t17-,18+,21+,22+/m0/s1. The molecule has 0 aromatic carbocycles. The van der Waals surface area contributed by atoms with Crippen LogP contribution in [0.15, 0.2) is 17.3 Å². The van der Waals surface area contributed by atoms with E-state index in [1.807, 2.05) is 0 Å². The number of aliphatic hydroxyl groups excluding tert-OH is 1. The Balaban J connectivity index is 1.66. The van der Waals surface area contributed by atoms with Crippen LogP contribution in [0.2, 0.25) is 0 Å². The molecule has 4 atom stereocenters. The molecule has 2 N–H and O–H groups in total. The van der Waals surface area contributed by atoms with Gasteiger partial charge in [-0.15, -0.1) is 0 Å². The monoisotopic (exact) mass is 440 g/mol. The number of oxime groups is 1. The molecular formula is C22H36N2O7. The van der Waals surface area contributed by atoms with Gasteiger partial charge in [-0.2, -0.15) is 0 Å². The highest BCUT2D eigenvalue weighted by molar-refractivity contribution is 6.12. The maximum absolute atomic E-state index is 11.5. The molecule has 2 rings (SSSR count). The normalized spacial score (nSPS) is 29.1. The smallest absolute Gasteiger partial charge is 0.253 e. The molecule has 0 radical (unpaired) electrons. The third-order valence-electron chi connectivity index (χ3n) is 5.75. The Kier molecular flexibility index (Phi) is 10.1. The summed E-state index contributed by atoms with van der Waals surface area (Å²) < 4.78 is 11.4. The van der Waals surface area contributed by atoms with Crippen molar-refractivity contribution in [3.63, 3.8) is 0 Å². The van der Waals surface area contributed by atoms with E-state index in [-0.39, 0.29) is 23.9 Å². The fraction of sp³-hybridized carbons (Fsp3) is 0.773. The molecule has 1 fully saturated rings. The van der Waals surface area contributed by atoms with Crippen molar-refractivity contribution in [1.29, 1.82) is 0 Å². The number of rotatable bonds is 13. The van der Waals surface area contributed by atoms with Gasteiger partial charge in [-0.1, -0.05) is 24.9 Å². The Labute approximate surface area is 184 Å². The quantitative estimate of drug-likeness (QED) is 0.194. The van der Waals surface area contributed by atoms with Crippen molar-refractivity contribution in [1.82, 2.24) is 4.90 Å². The van der Waals surface area contributed by atoms with E-state index in [1.54, 1.807) is 13.8 Å². The van der Waals surface area contributed by atoms with Crippen LogP contribution in [0.5, 0.6) is 0 Å². The Morgan fingerprint density at radius 2 is 1.87 bits per heavy atom. The zero-order chi connectivity index (χ0) is 22.9. The lowest BCUT2D eigenvalue weighted by atomic mass is 9.83. The molecule has 2 aliphatic heterocycles. The SMILES string of the molecule is CCCCO[C@H]1C[C@@H](O)[C@@](O)(/C(C)=N/OCCCCCCN2C(=O)C=CC2=O)[C@H](C)O1. The van der Waals surface area contributed by atoms with Gasteiger partial charge in [-0.25, -0.2) is 0 Å². The highest BCUT2D eigenvalue weighted by atomic mass is 16.7. The summed E-state index contributed by atoms with van der Waals surface area (Å²) in [5.74, 6) is -0.504. The zero-order valence-corrected chi connectivity index (χ0v) is 18.8. The fourth-order valence-corrected chi connectivity index (χ4v) is 3.68. The van der Waals surface area contributed by atoms with Gasteiger partial charge in [0.2, 0.25) is 0 Å². The average molecular weight is 441 g/mol. The minimum Gasteiger partial charge on any atom is -0.396 e. The number of unbranched alkanes of at least 4 members (excludes halogenated alkanes) is 4. The molecule has 2 aliphatic rings. The van der Waals surface area contributed by atoms with E-state index in [9.17, 15) is 19.8 Å². The third-order valence-corrected chi connectivity index (χ3v) is 5.75. The number of nitrogens with zero attached hydrogens (tertiary/aromatic N) is 2. The van der Waals surface area contributed by atoms with E-state index in [0.29, 0.717) is 19.8 Å². The number of carbonyl (C=O) groups is 2. The molecule has 9 heteroatoms. The van der Waals surface area contributed by atoms with Crippen LogP contribution < -0.4 is 0 Å². The molecule has 9 nitrogen and oxygen atoms in total. The van der Waals surface area contributed by atoms with Crippen LogP contribution in [0.25, 0.3) is 0 Å². The van der Waals surface area contributed by atoms with Crippen molar-refractivity contribution in [2.24, 2.45) is 5.16 Å². The number of aliphatic hydroxyl groups is 2. The number of carbonyl (C=O) groups excluding carboxylic acids is 2. The summed E-state index contributed by atoms with van der Waals surface area (Å²) in [5.41, 5.74) is -1.37. The van der Waals surface area contributed by atoms with Crippen molar-refractivity contribution in [3.8, 4) is 0 Å². The molecule has 31 heavy (non-hydrogen) atoms. The van der Waals surface area contributed by atoms with Gasteiger partial charge in [0.1, 0.15) is 6.61 Å². The van der Waals surface area contributed by atoms with Gasteiger partial charge >= 0.3 is 0 Å². The van der Waals surface area contributed by atoms with E-state index >= 15 is 0 Å². The van der Waals surface area contributed by atoms with Gasteiger partial charge in [0, 0.05) is 31.7 Å². The summed E-state index contributed by atoms with van der Waals surface area (Å²) >= 11 is 0. The second kappa shape index (κ2) is 12.3. The second-order valence-corrected chi connectivity index (χ2v) is 8.09. The summed E-state index contributed by atoms with van der Waals surface area (Å²) in [5, 5.41) is 25.5. The third kappa shape index (κ3) is 6.83. The minimum atomic E-state index is -1.63. The minimum absolute atomic E-state index is 0.162. The lowest BCUT2D eigenvalue weighted by Gasteiger charge is -2.44. The molecule has 0 bridgehead atoms. The lowest BCUT2D eigenvalue weighted by Crippen LogP contribution is -2.62. The van der Waals surface area contributed by atoms with Crippen molar-refractivity contribution in [2.75, 3.05) is 19.8 Å². The van der Waals surface area contributed by atoms with E-state index in [0.717, 1.165) is 38.5 Å². The van der Waals surface area contributed by atoms with E-state index < -0.39 is 24.1 Å². The number of imide groups is 1. The van der Waals surface area contributed by atoms with Crippen LogP contribution in [0.3, 0.4) is 0 Å². The van der Waals surface area contributed by atoms with Crippen LogP contribution in [0, 0.1) is 0 Å². The first kappa shape index (κ1) is 25.5. The van der Waals surface area contributed by atoms with Gasteiger partial charge in [0.15, 0.2) is 11.9 Å². The van der Waals surface area contributed by atoms with Crippen LogP contribution >= 0.6 is 0 Å². The molecule has 0 unspecified atom stereocenters. The van der Waals surface area contributed by atoms with Gasteiger partial charge in [0.05, 0.1) is 17.9 Å². The molecule has 0 aromatic heterocycles. The van der Waals surface area contributed by atoms with Crippen LogP contribution in [0.4, 0.5) is 0 Å². The van der Waals surface area contributed by atoms with Crippen molar-refractivity contribution >= 4 is 17.5 Å². The van der Waals surface area contributed by atoms with Gasteiger partial charge in [-0.05, 0) is 39.5 Å². The summed E-state index contributed by atoms with van der Waals surface area (Å²) in [6.45, 7) is 6.70. The van der Waals surface area contributed by atoms with Crippen molar-refractivity contribution < 1.29 is 34.1 Å². The number of hydrogen-bond donors (Lipinski definition) is 2. The molecule has 2 heterocycles. The Morgan fingerprint density at radius 1 is 1.19 bits per heavy atom. The van der Waals surface area contributed by atoms with E-state index in [1.165, 1.54) is 17.1 Å². The first-order valence-corrected chi connectivity index (χ1v) is 11.2. The number of hydrogen-bond acceptors (Lipinski definition) is 8. The first-order valence-electron chi connectivity index (χ1n) is 11.2. The summed E-state index contributed by atoms with van der Waals surface area (Å²) in [6, 6.07) is 0. The number of ether oxygens (including phenoxy) is 2. The van der Waals surface area contributed by atoms with Crippen molar-refractivity contribution in [2.45, 2.75) is 89.8 Å². The van der Waals surface area contributed by atoms with Crippen LogP contribution in [-0.2, 0) is 23.9 Å². The van der Waals surface area contributed by atoms with E-state index in [2.05, 4.69) is 12.1 Å². The summed E-state index contributed by atoms with van der Waals surface area (Å²) in [6.07, 6.45) is 5.56. The second-order valence-electron chi connectivity index (χ2n) is 8.09. The molecule has 2 amide bonds. The Morgan fingerprint density at radius 3 is 2.52 bits per heavy atom. The maximum Gasteiger partial charge on any atom is 0.253 e. The molecule has 0 spiro atoms. The average Bonchev–Trinajstić information content (AvgIpc) is 3.05. The summed E-state index contributed by atoms with van der Waals surface area (Å²) in [4.78, 5) is 29.5. The largest absolute Gasteiger partial charge is 0.396 e. The highest BCUT2D eigenvalue weighted by Crippen LogP contribution is 2.31. The van der Waals surface area contributed by atoms with Gasteiger partial charge in [0.25, 0.3) is 11.8 Å². The van der Waals surface area contributed by atoms with Crippen molar-refractivity contribution in [3.05, 3.63) is 12.2 Å². The Bertz CT molecular complexity index is 634. The fourth-order valence-electron chi connectivity index (χ4n) is 3.68. The van der Waals surface area contributed by atoms with Crippen LogP contribution in [0.1, 0.15) is 65.7 Å². The summed E-state index contributed by atoms with van der Waals surface area (Å²) in [7, 11) is 0. The van der Waals surface area contributed by atoms with E-state index in [4.69, 9.17) is 14.3 Å². The predicted octanol–water partition coefficient (Wildman–Crippen LogP) is 1.91. The first-order chi connectivity index (χ1) is 14.8. The van der Waals surface area contributed by atoms with Gasteiger partial charge < -0.3 is 24.5 Å². The molecule has 0 saturated carbocycles. The molecule has 1 saturated heterocycles. The molecular weight excluding hydrogens is 404 g/mol. The maximum atomic E-state index is 11.5. The zero-order valence-electron chi connectivity index (χ0n) is 18.8. The predicted molar refractivity (Wildman–Crippen MR) is 114 cm³/mol. The topological polar surface area (TPSA) is 118 Å². The Hall–Kier alpha value is -1.81.